The first kappa shape index (κ1) is 40.7. The van der Waals surface area contributed by atoms with Crippen molar-refractivity contribution in [2.24, 2.45) is 0 Å². The second kappa shape index (κ2) is 16.0. The SMILES string of the molecule is CC(=O)N(C(=O)c1cc([N+](=O)[O-])cc([N+](=O)[O-])c1)[C@@H]1O[C@@H]2CO[C@@H](c3ccccc3)O[C@H]2[C@H](OC(=O)c2ccccc2)[C@H]1N1C(=O)c2c(Cl)c(Cl)c(Cl)c(Cl)c2C1=O. The quantitative estimate of drug-likeness (QED) is 0.0444. The largest absolute Gasteiger partial charge is 0.453 e. The van der Waals surface area contributed by atoms with Gasteiger partial charge in [-0.25, -0.2) is 9.69 Å². The lowest BCUT2D eigenvalue weighted by Gasteiger charge is -2.52. The molecule has 17 nitrogen and oxygen atoms in total. The summed E-state index contributed by atoms with van der Waals surface area (Å²) in [5, 5.41) is 21.8. The number of rotatable bonds is 8. The number of hydrogen-bond donors (Lipinski definition) is 0. The van der Waals surface area contributed by atoms with Crippen LogP contribution in [0.1, 0.15) is 60.2 Å². The van der Waals surface area contributed by atoms with E-state index in [9.17, 15) is 44.2 Å². The molecule has 7 rings (SSSR count). The van der Waals surface area contributed by atoms with Crippen molar-refractivity contribution in [1.82, 2.24) is 9.80 Å². The van der Waals surface area contributed by atoms with Crippen LogP contribution < -0.4 is 0 Å². The molecular weight excluding hydrogens is 850 g/mol. The minimum Gasteiger partial charge on any atom is -0.453 e. The lowest BCUT2D eigenvalue weighted by Crippen LogP contribution is -2.72. The average molecular weight is 874 g/mol. The van der Waals surface area contributed by atoms with Crippen LogP contribution in [-0.4, -0.2) is 86.4 Å². The van der Waals surface area contributed by atoms with Crippen molar-refractivity contribution in [3.63, 3.8) is 0 Å². The lowest BCUT2D eigenvalue weighted by molar-refractivity contribution is -0.394. The van der Waals surface area contributed by atoms with Gasteiger partial charge >= 0.3 is 5.97 Å². The number of halogens is 4. The van der Waals surface area contributed by atoms with Crippen LogP contribution in [-0.2, 0) is 23.7 Å². The van der Waals surface area contributed by atoms with E-state index < -0.39 is 114 Å². The van der Waals surface area contributed by atoms with Gasteiger partial charge < -0.3 is 18.9 Å². The number of amides is 4. The molecule has 0 spiro atoms. The van der Waals surface area contributed by atoms with Crippen LogP contribution in [0.5, 0.6) is 0 Å². The van der Waals surface area contributed by atoms with E-state index in [-0.39, 0.29) is 22.2 Å². The van der Waals surface area contributed by atoms with Crippen molar-refractivity contribution in [3.8, 4) is 0 Å². The zero-order valence-corrected chi connectivity index (χ0v) is 32.3. The van der Waals surface area contributed by atoms with Gasteiger partial charge in [-0.1, -0.05) is 94.9 Å². The van der Waals surface area contributed by atoms with Crippen LogP contribution in [0.15, 0.2) is 78.9 Å². The Labute approximate surface area is 346 Å². The van der Waals surface area contributed by atoms with Gasteiger partial charge in [-0.05, 0) is 12.1 Å². The topological polar surface area (TPSA) is 215 Å². The molecule has 2 fully saturated rings. The molecule has 0 aromatic heterocycles. The van der Waals surface area contributed by atoms with Gasteiger partial charge in [0.2, 0.25) is 5.91 Å². The standard InChI is InChI=1S/C37H24Cl4N4O13/c1-16(46)42(32(47)19-12-20(44(51)52)14-21(13-19)45(53)54)35-29(43-33(48)23-24(34(43)49)26(39)28(41)27(40)25(23)38)31(57-36(50)17-8-4-2-5-9-17)30-22(56-35)15-55-37(58-30)18-10-6-3-7-11-18/h2-14,22,29-31,35,37H,15H2,1H3/t22-,29-,30-,31-,35-,37-/m1/s1. The van der Waals surface area contributed by atoms with Crippen LogP contribution >= 0.6 is 46.4 Å². The summed E-state index contributed by atoms with van der Waals surface area (Å²) in [5.74, 6) is -5.94. The summed E-state index contributed by atoms with van der Waals surface area (Å²) in [6.45, 7) is 0.538. The second-order valence-electron chi connectivity index (χ2n) is 12.9. The Hall–Kier alpha value is -5.53. The van der Waals surface area contributed by atoms with Crippen LogP contribution in [0.3, 0.4) is 0 Å². The van der Waals surface area contributed by atoms with E-state index in [1.807, 2.05) is 0 Å². The Bertz CT molecular complexity index is 2340. The first-order valence-electron chi connectivity index (χ1n) is 16.9. The maximum Gasteiger partial charge on any atom is 0.338 e. The molecule has 4 aromatic rings. The highest BCUT2D eigenvalue weighted by molar-refractivity contribution is 6.55. The molecule has 2 saturated heterocycles. The molecule has 0 bridgehead atoms. The van der Waals surface area contributed by atoms with Crippen LogP contribution in [0.4, 0.5) is 11.4 Å². The molecule has 0 saturated carbocycles. The zero-order valence-electron chi connectivity index (χ0n) is 29.3. The molecule has 0 radical (unpaired) electrons. The Morgan fingerprint density at radius 2 is 1.31 bits per heavy atom. The molecule has 3 aliphatic rings. The van der Waals surface area contributed by atoms with E-state index >= 15 is 0 Å². The van der Waals surface area contributed by atoms with Gasteiger partial charge in [0.15, 0.2) is 18.6 Å². The van der Waals surface area contributed by atoms with Crippen molar-refractivity contribution in [1.29, 1.82) is 0 Å². The number of esters is 1. The van der Waals surface area contributed by atoms with E-state index in [0.29, 0.717) is 33.6 Å². The van der Waals surface area contributed by atoms with E-state index in [1.165, 1.54) is 24.3 Å². The van der Waals surface area contributed by atoms with Crippen molar-refractivity contribution >= 4 is 87.4 Å². The number of nitro benzene ring substituents is 2. The van der Waals surface area contributed by atoms with Crippen molar-refractivity contribution in [2.75, 3.05) is 6.61 Å². The number of ether oxygens (including phenoxy) is 4. The van der Waals surface area contributed by atoms with Crippen LogP contribution in [0.2, 0.25) is 20.1 Å². The predicted molar refractivity (Wildman–Crippen MR) is 202 cm³/mol. The smallest absolute Gasteiger partial charge is 0.338 e. The van der Waals surface area contributed by atoms with Crippen molar-refractivity contribution in [2.45, 2.75) is 43.8 Å². The molecule has 3 heterocycles. The highest BCUT2D eigenvalue weighted by Gasteiger charge is 2.61. The van der Waals surface area contributed by atoms with Gasteiger partial charge in [0.25, 0.3) is 29.1 Å². The van der Waals surface area contributed by atoms with Crippen molar-refractivity contribution < 1.29 is 52.8 Å². The summed E-state index contributed by atoms with van der Waals surface area (Å²) in [7, 11) is 0. The van der Waals surface area contributed by atoms with E-state index in [0.717, 1.165) is 6.92 Å². The minimum absolute atomic E-state index is 0.00271. The number of carbonyl (C=O) groups excluding carboxylic acids is 5. The number of nitrogens with zero attached hydrogens (tertiary/aromatic N) is 4. The minimum atomic E-state index is -2.12. The number of carbonyl (C=O) groups is 5. The molecule has 0 N–H and O–H groups in total. The van der Waals surface area contributed by atoms with Gasteiger partial charge in [0.1, 0.15) is 18.2 Å². The third kappa shape index (κ3) is 7.15. The molecule has 0 aliphatic carbocycles. The van der Waals surface area contributed by atoms with Gasteiger partial charge in [-0.3, -0.25) is 44.3 Å². The van der Waals surface area contributed by atoms with E-state index in [2.05, 4.69) is 0 Å². The normalized spacial score (nSPS) is 22.5. The summed E-state index contributed by atoms with van der Waals surface area (Å²) < 4.78 is 24.8. The molecule has 21 heteroatoms. The Morgan fingerprint density at radius 1 is 0.776 bits per heavy atom. The van der Waals surface area contributed by atoms with Gasteiger partial charge in [-0.2, -0.15) is 0 Å². The van der Waals surface area contributed by atoms with Gasteiger partial charge in [0.05, 0.1) is 64.9 Å². The predicted octanol–water partition coefficient (Wildman–Crippen LogP) is 6.83. The zero-order chi connectivity index (χ0) is 41.7. The highest BCUT2D eigenvalue weighted by atomic mass is 35.5. The molecule has 58 heavy (non-hydrogen) atoms. The summed E-state index contributed by atoms with van der Waals surface area (Å²) in [4.78, 5) is 93.7. The number of imide groups is 2. The summed E-state index contributed by atoms with van der Waals surface area (Å²) in [6.07, 6.45) is -7.82. The lowest BCUT2D eigenvalue weighted by atomic mass is 9.92. The molecule has 0 unspecified atom stereocenters. The third-order valence-corrected chi connectivity index (χ3v) is 11.3. The number of non-ortho nitro benzene ring substituents is 2. The average Bonchev–Trinajstić information content (AvgIpc) is 3.48. The monoisotopic (exact) mass is 872 g/mol. The molecule has 4 amide bonds. The number of nitro groups is 2. The fraction of sp³-hybridized carbons (Fsp3) is 0.216. The van der Waals surface area contributed by atoms with E-state index in [4.69, 9.17) is 65.4 Å². The first-order valence-corrected chi connectivity index (χ1v) is 18.4. The molecule has 3 aliphatic heterocycles. The first-order chi connectivity index (χ1) is 27.6. The highest BCUT2D eigenvalue weighted by Crippen LogP contribution is 2.47. The van der Waals surface area contributed by atoms with Crippen LogP contribution in [0.25, 0.3) is 0 Å². The molecular formula is C37H24Cl4N4O13. The Morgan fingerprint density at radius 3 is 1.83 bits per heavy atom. The second-order valence-corrected chi connectivity index (χ2v) is 14.4. The molecule has 4 aromatic carbocycles. The number of benzene rings is 4. The van der Waals surface area contributed by atoms with Gasteiger partial charge in [0, 0.05) is 24.6 Å². The third-order valence-electron chi connectivity index (χ3n) is 9.46. The maximum absolute atomic E-state index is 14.6. The summed E-state index contributed by atoms with van der Waals surface area (Å²) >= 11 is 25.5. The number of fused-ring (bicyclic) bond motifs is 2. The fourth-order valence-electron chi connectivity index (χ4n) is 6.89. The molecule has 6 atom stereocenters. The van der Waals surface area contributed by atoms with Crippen molar-refractivity contribution in [3.05, 3.63) is 147 Å². The fourth-order valence-corrected chi connectivity index (χ4v) is 7.90. The maximum atomic E-state index is 14.6. The van der Waals surface area contributed by atoms with Gasteiger partial charge in [-0.15, -0.1) is 0 Å². The van der Waals surface area contributed by atoms with E-state index in [1.54, 1.807) is 36.4 Å². The Balaban J connectivity index is 1.44. The summed E-state index contributed by atoms with van der Waals surface area (Å²) in [6, 6.07) is 16.0. The van der Waals surface area contributed by atoms with Crippen LogP contribution in [0, 0.1) is 20.2 Å². The Kier molecular flexibility index (Phi) is 11.2. The summed E-state index contributed by atoms with van der Waals surface area (Å²) in [5.41, 5.74) is -3.03. The number of hydrogen-bond acceptors (Lipinski definition) is 13. The molecule has 298 valence electrons.